The molecule has 0 amide bonds. The summed E-state index contributed by atoms with van der Waals surface area (Å²) in [7, 11) is 3.50. The second-order valence-electron chi connectivity index (χ2n) is 8.61. The van der Waals surface area contributed by atoms with Gasteiger partial charge in [0.15, 0.2) is 0 Å². The topological polar surface area (TPSA) is 39.8 Å². The van der Waals surface area contributed by atoms with Gasteiger partial charge in [-0.25, -0.2) is 9.37 Å². The van der Waals surface area contributed by atoms with Gasteiger partial charge in [-0.3, -0.25) is 4.79 Å². The summed E-state index contributed by atoms with van der Waals surface area (Å²) in [5.74, 6) is 0. The first kappa shape index (κ1) is 22.1. The molecule has 5 aromatic rings. The molecule has 4 nitrogen and oxygen atoms in total. The van der Waals surface area contributed by atoms with E-state index >= 15 is 4.39 Å². The van der Waals surface area contributed by atoms with Crippen molar-refractivity contribution in [3.63, 3.8) is 0 Å². The lowest BCUT2D eigenvalue weighted by Gasteiger charge is -2.28. The fraction of sp³-hybridized carbons (Fsp3) is 0.143. The second kappa shape index (κ2) is 8.26. The molecule has 0 saturated carbocycles. The van der Waals surface area contributed by atoms with Crippen molar-refractivity contribution in [3.8, 4) is 11.1 Å². The van der Waals surface area contributed by atoms with Gasteiger partial charge in [-0.2, -0.15) is 0 Å². The van der Waals surface area contributed by atoms with E-state index in [1.165, 1.54) is 0 Å². The van der Waals surface area contributed by atoms with Gasteiger partial charge in [0.05, 0.1) is 23.7 Å². The Morgan fingerprint density at radius 2 is 1.68 bits per heavy atom. The molecule has 2 heterocycles. The lowest BCUT2D eigenvalue weighted by Crippen LogP contribution is -2.26. The zero-order chi connectivity index (χ0) is 24.0. The van der Waals surface area contributed by atoms with Gasteiger partial charge in [0, 0.05) is 36.1 Å². The second-order valence-corrected chi connectivity index (χ2v) is 9.05. The van der Waals surface area contributed by atoms with Crippen LogP contribution in [0.15, 0.2) is 90.1 Å². The minimum absolute atomic E-state index is 0.118. The maximum atomic E-state index is 17.3. The van der Waals surface area contributed by atoms with Gasteiger partial charge in [-0.05, 0) is 47.9 Å². The standard InChI is InChI=1S/C28H23ClFN3O/c1-18-5-4-6-19(13-18)23-15-27(34)33(3)25-12-9-21(14-24(23)25)28(30,26-16-31-17-32(26)2)20-7-10-22(29)11-8-20/h4-17H,1-3H3/t28-/m1/s1. The van der Waals surface area contributed by atoms with Crippen molar-refractivity contribution >= 4 is 22.5 Å². The fourth-order valence-electron chi connectivity index (χ4n) is 4.56. The number of benzene rings is 3. The molecule has 1 atom stereocenters. The van der Waals surface area contributed by atoms with E-state index in [4.69, 9.17) is 11.6 Å². The molecule has 0 spiro atoms. The van der Waals surface area contributed by atoms with E-state index in [0.29, 0.717) is 21.8 Å². The van der Waals surface area contributed by atoms with E-state index in [2.05, 4.69) is 4.98 Å². The number of alkyl halides is 1. The van der Waals surface area contributed by atoms with Crippen LogP contribution in [0.5, 0.6) is 0 Å². The fourth-order valence-corrected chi connectivity index (χ4v) is 4.68. The highest BCUT2D eigenvalue weighted by atomic mass is 35.5. The van der Waals surface area contributed by atoms with E-state index in [1.54, 1.807) is 72.2 Å². The molecule has 2 aromatic heterocycles. The zero-order valence-electron chi connectivity index (χ0n) is 19.1. The molecule has 0 radical (unpaired) electrons. The number of hydrogen-bond acceptors (Lipinski definition) is 2. The number of halogens is 2. The molecule has 3 aromatic carbocycles. The third-order valence-electron chi connectivity index (χ3n) is 6.38. The van der Waals surface area contributed by atoms with Gasteiger partial charge in [-0.1, -0.05) is 59.6 Å². The summed E-state index contributed by atoms with van der Waals surface area (Å²) >= 11 is 6.10. The van der Waals surface area contributed by atoms with Crippen LogP contribution in [0, 0.1) is 6.92 Å². The van der Waals surface area contributed by atoms with Crippen LogP contribution in [-0.4, -0.2) is 14.1 Å². The minimum atomic E-state index is -1.98. The highest BCUT2D eigenvalue weighted by Gasteiger charge is 2.39. The summed E-state index contributed by atoms with van der Waals surface area (Å²) in [6.07, 6.45) is 3.13. The molecule has 0 unspecified atom stereocenters. The number of imidazole rings is 1. The zero-order valence-corrected chi connectivity index (χ0v) is 19.8. The van der Waals surface area contributed by atoms with Gasteiger partial charge in [0.2, 0.25) is 5.67 Å². The Kier molecular flexibility index (Phi) is 5.37. The number of hydrogen-bond donors (Lipinski definition) is 0. The Morgan fingerprint density at radius 1 is 0.941 bits per heavy atom. The number of rotatable bonds is 4. The van der Waals surface area contributed by atoms with Crippen molar-refractivity contribution in [2.45, 2.75) is 12.6 Å². The van der Waals surface area contributed by atoms with Gasteiger partial charge in [0.1, 0.15) is 0 Å². The molecule has 0 aliphatic rings. The van der Waals surface area contributed by atoms with Crippen LogP contribution in [0.4, 0.5) is 4.39 Å². The molecule has 0 fully saturated rings. The molecule has 6 heteroatoms. The predicted octanol–water partition coefficient (Wildman–Crippen LogP) is 6.16. The molecular formula is C28H23ClFN3O. The van der Waals surface area contributed by atoms with Crippen molar-refractivity contribution in [3.05, 3.63) is 123 Å². The summed E-state index contributed by atoms with van der Waals surface area (Å²) in [5.41, 5.74) is 2.68. The summed E-state index contributed by atoms with van der Waals surface area (Å²) in [4.78, 5) is 16.9. The molecule has 0 bridgehead atoms. The lowest BCUT2D eigenvalue weighted by atomic mass is 9.84. The predicted molar refractivity (Wildman–Crippen MR) is 135 cm³/mol. The molecular weight excluding hydrogens is 449 g/mol. The van der Waals surface area contributed by atoms with Crippen molar-refractivity contribution in [1.82, 2.24) is 14.1 Å². The number of nitrogens with zero attached hydrogens (tertiary/aromatic N) is 3. The average molecular weight is 472 g/mol. The highest BCUT2D eigenvalue weighted by Crippen LogP contribution is 2.42. The van der Waals surface area contributed by atoms with Crippen molar-refractivity contribution in [2.75, 3.05) is 0 Å². The normalized spacial score (nSPS) is 13.2. The largest absolute Gasteiger partial charge is 0.334 e. The van der Waals surface area contributed by atoms with E-state index in [9.17, 15) is 4.79 Å². The van der Waals surface area contributed by atoms with Crippen LogP contribution in [-0.2, 0) is 19.8 Å². The van der Waals surface area contributed by atoms with E-state index in [0.717, 1.165) is 27.6 Å². The number of fused-ring (bicyclic) bond motifs is 1. The van der Waals surface area contributed by atoms with Gasteiger partial charge < -0.3 is 9.13 Å². The highest BCUT2D eigenvalue weighted by molar-refractivity contribution is 6.30. The Labute approximate surface area is 201 Å². The summed E-state index contributed by atoms with van der Waals surface area (Å²) < 4.78 is 20.6. The summed E-state index contributed by atoms with van der Waals surface area (Å²) in [6, 6.07) is 21.7. The number of aryl methyl sites for hydroxylation is 3. The third-order valence-corrected chi connectivity index (χ3v) is 6.64. The monoisotopic (exact) mass is 471 g/mol. The Hall–Kier alpha value is -3.70. The minimum Gasteiger partial charge on any atom is -0.334 e. The molecule has 0 aliphatic carbocycles. The molecule has 34 heavy (non-hydrogen) atoms. The maximum absolute atomic E-state index is 17.3. The Morgan fingerprint density at radius 3 is 2.35 bits per heavy atom. The van der Waals surface area contributed by atoms with Crippen LogP contribution in [0.3, 0.4) is 0 Å². The molecule has 0 N–H and O–H groups in total. The van der Waals surface area contributed by atoms with Crippen LogP contribution >= 0.6 is 11.6 Å². The SMILES string of the molecule is Cc1cccc(-c2cc(=O)n(C)c3ccc([C@](F)(c4ccc(Cl)cc4)c4cncn4C)cc23)c1. The van der Waals surface area contributed by atoms with Gasteiger partial charge >= 0.3 is 0 Å². The first-order valence-corrected chi connectivity index (χ1v) is 11.3. The number of pyridine rings is 1. The van der Waals surface area contributed by atoms with E-state index in [-0.39, 0.29) is 5.56 Å². The van der Waals surface area contributed by atoms with E-state index < -0.39 is 5.67 Å². The maximum Gasteiger partial charge on any atom is 0.251 e. The van der Waals surface area contributed by atoms with Crippen LogP contribution in [0.2, 0.25) is 5.02 Å². The van der Waals surface area contributed by atoms with Crippen LogP contribution < -0.4 is 5.56 Å². The van der Waals surface area contributed by atoms with E-state index in [1.807, 2.05) is 43.3 Å². The average Bonchev–Trinajstić information content (AvgIpc) is 3.27. The smallest absolute Gasteiger partial charge is 0.251 e. The summed E-state index contributed by atoms with van der Waals surface area (Å²) in [6.45, 7) is 2.01. The Bertz CT molecular complexity index is 1590. The Balaban J connectivity index is 1.84. The van der Waals surface area contributed by atoms with Crippen molar-refractivity contribution in [1.29, 1.82) is 0 Å². The lowest BCUT2D eigenvalue weighted by molar-refractivity contribution is 0.267. The number of aromatic nitrogens is 3. The first-order valence-electron chi connectivity index (χ1n) is 10.9. The summed E-state index contributed by atoms with van der Waals surface area (Å²) in [5, 5.41) is 1.33. The molecule has 170 valence electrons. The van der Waals surface area contributed by atoms with Crippen molar-refractivity contribution in [2.24, 2.45) is 14.1 Å². The van der Waals surface area contributed by atoms with Gasteiger partial charge in [0.25, 0.3) is 5.56 Å². The molecule has 5 rings (SSSR count). The van der Waals surface area contributed by atoms with Gasteiger partial charge in [-0.15, -0.1) is 0 Å². The first-order chi connectivity index (χ1) is 16.3. The van der Waals surface area contributed by atoms with Crippen molar-refractivity contribution < 1.29 is 4.39 Å². The van der Waals surface area contributed by atoms with Crippen LogP contribution in [0.25, 0.3) is 22.0 Å². The molecule has 0 aliphatic heterocycles. The van der Waals surface area contributed by atoms with Crippen LogP contribution in [0.1, 0.15) is 22.4 Å². The quantitative estimate of drug-likeness (QED) is 0.315. The molecule has 0 saturated heterocycles. The third kappa shape index (κ3) is 3.53.